The van der Waals surface area contributed by atoms with Gasteiger partial charge in [0.2, 0.25) is 5.88 Å². The molecule has 3 aromatic rings. The zero-order chi connectivity index (χ0) is 27.5. The lowest BCUT2D eigenvalue weighted by Crippen LogP contribution is -2.50. The van der Waals surface area contributed by atoms with Crippen LogP contribution in [0.2, 0.25) is 0 Å². The first-order chi connectivity index (χ1) is 17.9. The van der Waals surface area contributed by atoms with Crippen LogP contribution < -0.4 is 14.8 Å². The number of amides is 1. The van der Waals surface area contributed by atoms with E-state index in [0.717, 1.165) is 29.7 Å². The summed E-state index contributed by atoms with van der Waals surface area (Å²) in [4.78, 5) is 23.3. The monoisotopic (exact) mass is 517 g/mol. The molecule has 1 fully saturated rings. The van der Waals surface area contributed by atoms with Crippen molar-refractivity contribution in [2.45, 2.75) is 77.5 Å². The van der Waals surface area contributed by atoms with Crippen LogP contribution in [0.3, 0.4) is 0 Å². The van der Waals surface area contributed by atoms with Gasteiger partial charge in [-0.15, -0.1) is 10.2 Å². The number of hydrogen-bond acceptors (Lipinski definition) is 7. The quantitative estimate of drug-likeness (QED) is 0.354. The van der Waals surface area contributed by atoms with E-state index in [1.807, 2.05) is 57.2 Å². The van der Waals surface area contributed by atoms with E-state index in [-0.39, 0.29) is 29.4 Å². The molecule has 200 valence electrons. The van der Waals surface area contributed by atoms with Crippen LogP contribution in [-0.2, 0) is 10.2 Å². The second kappa shape index (κ2) is 10.8. The summed E-state index contributed by atoms with van der Waals surface area (Å²) in [6, 6.07) is 19.3. The number of carbonyl (C=O) groups is 2. The molecule has 8 nitrogen and oxygen atoms in total. The van der Waals surface area contributed by atoms with Gasteiger partial charge in [0, 0.05) is 37.3 Å². The number of nitrogens with one attached hydrogen (secondary N) is 1. The summed E-state index contributed by atoms with van der Waals surface area (Å²) in [5.74, 6) is 1.64. The molecule has 2 aromatic carbocycles. The highest BCUT2D eigenvalue weighted by atomic mass is 16.6. The number of alkyl carbamates (subject to hydrolysis) is 1. The number of carbonyl (C=O) groups excluding carboxylic acids is 2. The van der Waals surface area contributed by atoms with Gasteiger partial charge in [-0.1, -0.05) is 38.1 Å². The molecule has 1 amide bonds. The van der Waals surface area contributed by atoms with Gasteiger partial charge in [0.25, 0.3) is 0 Å². The van der Waals surface area contributed by atoms with Crippen LogP contribution in [0.15, 0.2) is 60.7 Å². The van der Waals surface area contributed by atoms with Crippen molar-refractivity contribution >= 4 is 11.9 Å². The molecule has 0 aliphatic heterocycles. The van der Waals surface area contributed by atoms with Gasteiger partial charge < -0.3 is 19.5 Å². The van der Waals surface area contributed by atoms with E-state index < -0.39 is 5.60 Å². The van der Waals surface area contributed by atoms with Crippen molar-refractivity contribution in [3.63, 3.8) is 0 Å². The van der Waals surface area contributed by atoms with Crippen LogP contribution in [0, 0.1) is 0 Å². The van der Waals surface area contributed by atoms with Gasteiger partial charge in [-0.3, -0.25) is 4.79 Å². The molecule has 0 atom stereocenters. The highest BCUT2D eigenvalue weighted by Crippen LogP contribution is 2.34. The fourth-order valence-corrected chi connectivity index (χ4v) is 4.19. The number of ether oxygens (including phenoxy) is 3. The Morgan fingerprint density at radius 3 is 1.89 bits per heavy atom. The van der Waals surface area contributed by atoms with E-state index in [0.29, 0.717) is 17.3 Å². The largest absolute Gasteiger partial charge is 0.490 e. The molecule has 1 N–H and O–H groups in total. The Kier molecular flexibility index (Phi) is 7.71. The molecule has 1 saturated carbocycles. The number of hydrogen-bond donors (Lipinski definition) is 1. The van der Waals surface area contributed by atoms with Crippen LogP contribution in [0.4, 0.5) is 4.79 Å². The molecule has 8 heteroatoms. The van der Waals surface area contributed by atoms with Gasteiger partial charge in [0.05, 0.1) is 0 Å². The Bertz CT molecular complexity index is 1260. The number of benzene rings is 2. The zero-order valence-electron chi connectivity index (χ0n) is 22.8. The molecule has 1 heterocycles. The molecule has 1 aliphatic rings. The van der Waals surface area contributed by atoms with Crippen molar-refractivity contribution in [2.24, 2.45) is 0 Å². The fraction of sp³-hybridized carbons (Fsp3) is 0.400. The third kappa shape index (κ3) is 6.88. The molecule has 0 bridgehead atoms. The second-order valence-corrected chi connectivity index (χ2v) is 11.1. The Balaban J connectivity index is 1.30. The van der Waals surface area contributed by atoms with Crippen molar-refractivity contribution in [3.05, 3.63) is 77.5 Å². The van der Waals surface area contributed by atoms with Gasteiger partial charge in [-0.2, -0.15) is 0 Å². The fourth-order valence-electron chi connectivity index (χ4n) is 4.19. The third-order valence-electron chi connectivity index (χ3n) is 6.49. The average molecular weight is 518 g/mol. The standard InChI is InChI=1S/C30H35N3O5/c1-19(34)26-15-16-27(33-32-26)37-24-13-9-21(10-14-24)30(5,6)20-7-11-23(12-8-20)36-25-17-22(18-25)31-28(35)38-29(2,3)4/h7-16,22,25H,17-18H2,1-6H3,(H,31,35). The van der Waals surface area contributed by atoms with Gasteiger partial charge in [-0.25, -0.2) is 4.79 Å². The summed E-state index contributed by atoms with van der Waals surface area (Å²) in [5.41, 5.74) is 1.85. The van der Waals surface area contributed by atoms with Crippen molar-refractivity contribution in [3.8, 4) is 17.4 Å². The van der Waals surface area contributed by atoms with Gasteiger partial charge in [-0.05, 0) is 62.2 Å². The highest BCUT2D eigenvalue weighted by Gasteiger charge is 2.33. The van der Waals surface area contributed by atoms with Crippen molar-refractivity contribution in [1.82, 2.24) is 15.5 Å². The van der Waals surface area contributed by atoms with E-state index in [2.05, 4.69) is 41.5 Å². The van der Waals surface area contributed by atoms with Crippen LogP contribution in [0.5, 0.6) is 17.4 Å². The normalized spacial score (nSPS) is 17.2. The first kappa shape index (κ1) is 27.1. The average Bonchev–Trinajstić information content (AvgIpc) is 2.82. The predicted octanol–water partition coefficient (Wildman–Crippen LogP) is 6.23. The molecule has 4 rings (SSSR count). The lowest BCUT2D eigenvalue weighted by Gasteiger charge is -2.36. The maximum atomic E-state index is 11.9. The zero-order valence-corrected chi connectivity index (χ0v) is 22.8. The van der Waals surface area contributed by atoms with Gasteiger partial charge in [0.15, 0.2) is 5.78 Å². The molecular weight excluding hydrogens is 482 g/mol. The van der Waals surface area contributed by atoms with Crippen molar-refractivity contribution in [1.29, 1.82) is 0 Å². The summed E-state index contributed by atoms with van der Waals surface area (Å²) in [6.07, 6.45) is 1.20. The SMILES string of the molecule is CC(=O)c1ccc(Oc2ccc(C(C)(C)c3ccc(OC4CC(NC(=O)OC(C)(C)C)C4)cc3)cc2)nn1. The molecule has 1 aliphatic carbocycles. The molecule has 0 unspecified atom stereocenters. The van der Waals surface area contributed by atoms with Crippen LogP contribution in [-0.4, -0.2) is 39.8 Å². The van der Waals surface area contributed by atoms with E-state index in [4.69, 9.17) is 14.2 Å². The summed E-state index contributed by atoms with van der Waals surface area (Å²) >= 11 is 0. The molecule has 0 saturated heterocycles. The van der Waals surface area contributed by atoms with Crippen molar-refractivity contribution < 1.29 is 23.8 Å². The molecular formula is C30H35N3O5. The lowest BCUT2D eigenvalue weighted by molar-refractivity contribution is 0.0362. The van der Waals surface area contributed by atoms with Gasteiger partial charge in [0.1, 0.15) is 28.9 Å². The maximum absolute atomic E-state index is 11.9. The Hall–Kier alpha value is -3.94. The van der Waals surface area contributed by atoms with E-state index in [1.165, 1.54) is 6.92 Å². The predicted molar refractivity (Wildman–Crippen MR) is 144 cm³/mol. The molecule has 1 aromatic heterocycles. The lowest BCUT2D eigenvalue weighted by atomic mass is 9.78. The first-order valence-corrected chi connectivity index (χ1v) is 12.8. The maximum Gasteiger partial charge on any atom is 0.407 e. The van der Waals surface area contributed by atoms with E-state index >= 15 is 0 Å². The first-order valence-electron chi connectivity index (χ1n) is 12.8. The van der Waals surface area contributed by atoms with E-state index in [1.54, 1.807) is 12.1 Å². The Morgan fingerprint density at radius 1 is 0.816 bits per heavy atom. The number of rotatable bonds is 8. The van der Waals surface area contributed by atoms with Crippen LogP contribution in [0.25, 0.3) is 0 Å². The van der Waals surface area contributed by atoms with Gasteiger partial charge >= 0.3 is 6.09 Å². The topological polar surface area (TPSA) is 99.6 Å². The molecule has 0 spiro atoms. The highest BCUT2D eigenvalue weighted by molar-refractivity contribution is 5.91. The van der Waals surface area contributed by atoms with E-state index in [9.17, 15) is 9.59 Å². The number of nitrogens with zero attached hydrogens (tertiary/aromatic N) is 2. The minimum Gasteiger partial charge on any atom is -0.490 e. The Morgan fingerprint density at radius 2 is 1.39 bits per heavy atom. The summed E-state index contributed by atoms with van der Waals surface area (Å²) in [7, 11) is 0. The third-order valence-corrected chi connectivity index (χ3v) is 6.49. The second-order valence-electron chi connectivity index (χ2n) is 11.1. The number of aromatic nitrogens is 2. The molecule has 0 radical (unpaired) electrons. The summed E-state index contributed by atoms with van der Waals surface area (Å²) in [5, 5.41) is 10.7. The van der Waals surface area contributed by atoms with Crippen LogP contribution >= 0.6 is 0 Å². The number of ketones is 1. The van der Waals surface area contributed by atoms with Crippen molar-refractivity contribution in [2.75, 3.05) is 0 Å². The molecule has 38 heavy (non-hydrogen) atoms. The number of Topliss-reactive ketones (excluding diaryl/α,β-unsaturated/α-hetero) is 1. The minimum absolute atomic E-state index is 0.0738. The van der Waals surface area contributed by atoms with Crippen LogP contribution in [0.1, 0.15) is 76.0 Å². The Labute approximate surface area is 223 Å². The summed E-state index contributed by atoms with van der Waals surface area (Å²) in [6.45, 7) is 11.3. The minimum atomic E-state index is -0.505. The smallest absolute Gasteiger partial charge is 0.407 e. The summed E-state index contributed by atoms with van der Waals surface area (Å²) < 4.78 is 17.2.